The van der Waals surface area contributed by atoms with E-state index in [0.717, 1.165) is 5.69 Å². The number of nitrogens with zero attached hydrogens (tertiary/aromatic N) is 2. The summed E-state index contributed by atoms with van der Waals surface area (Å²) in [5, 5.41) is 3.17. The van der Waals surface area contributed by atoms with Gasteiger partial charge in [0, 0.05) is 17.4 Å². The second kappa shape index (κ2) is 8.26. The number of hydrogen-bond donors (Lipinski definition) is 2. The fourth-order valence-electron chi connectivity index (χ4n) is 2.49. The van der Waals surface area contributed by atoms with Gasteiger partial charge in [-0.3, -0.25) is 4.72 Å². The minimum absolute atomic E-state index is 0.0130. The largest absolute Gasteiger partial charge is 0.475 e. The molecule has 0 amide bonds. The van der Waals surface area contributed by atoms with Gasteiger partial charge in [0.25, 0.3) is 10.0 Å². The second-order valence-corrected chi connectivity index (χ2v) is 8.11. The molecular formula is C20H22N4O3S. The van der Waals surface area contributed by atoms with Gasteiger partial charge in [-0.15, -0.1) is 0 Å². The normalized spacial score (nSPS) is 11.3. The lowest BCUT2D eigenvalue weighted by Gasteiger charge is -2.12. The van der Waals surface area contributed by atoms with Crippen LogP contribution in [0, 0.1) is 6.92 Å². The highest BCUT2D eigenvalue weighted by Gasteiger charge is 2.13. The molecule has 0 aliphatic heterocycles. The van der Waals surface area contributed by atoms with E-state index in [1.54, 1.807) is 67.6 Å². The van der Waals surface area contributed by atoms with Gasteiger partial charge in [-0.05, 0) is 57.2 Å². The minimum Gasteiger partial charge on any atom is -0.475 e. The molecule has 0 bridgehead atoms. The predicted molar refractivity (Wildman–Crippen MR) is 110 cm³/mol. The molecule has 0 spiro atoms. The molecule has 0 unspecified atom stereocenters. The third-order valence-corrected chi connectivity index (χ3v) is 5.03. The first-order valence-electron chi connectivity index (χ1n) is 8.79. The van der Waals surface area contributed by atoms with E-state index in [1.165, 1.54) is 0 Å². The summed E-state index contributed by atoms with van der Waals surface area (Å²) < 4.78 is 33.0. The highest BCUT2D eigenvalue weighted by Crippen LogP contribution is 2.22. The lowest BCUT2D eigenvalue weighted by Crippen LogP contribution is -2.12. The van der Waals surface area contributed by atoms with Crippen molar-refractivity contribution in [3.05, 3.63) is 66.5 Å². The summed E-state index contributed by atoms with van der Waals surface area (Å²) in [6, 6.07) is 16.9. The molecule has 7 nitrogen and oxygen atoms in total. The van der Waals surface area contributed by atoms with Gasteiger partial charge in [0.15, 0.2) is 0 Å². The fraction of sp³-hybridized carbons (Fsp3) is 0.200. The summed E-state index contributed by atoms with van der Waals surface area (Å²) in [6.45, 7) is 5.65. The van der Waals surface area contributed by atoms with Crippen LogP contribution in [0.2, 0.25) is 0 Å². The third kappa shape index (κ3) is 5.20. The number of rotatable bonds is 7. The van der Waals surface area contributed by atoms with Crippen molar-refractivity contribution in [2.75, 3.05) is 10.0 Å². The predicted octanol–water partition coefficient (Wildman–Crippen LogP) is 4.12. The Bertz CT molecular complexity index is 1040. The first-order chi connectivity index (χ1) is 13.3. The summed E-state index contributed by atoms with van der Waals surface area (Å²) >= 11 is 0. The van der Waals surface area contributed by atoms with Crippen LogP contribution in [0.3, 0.4) is 0 Å². The molecule has 0 saturated heterocycles. The molecule has 8 heteroatoms. The number of hydrogen-bond acceptors (Lipinski definition) is 6. The van der Waals surface area contributed by atoms with Crippen molar-refractivity contribution in [2.24, 2.45) is 0 Å². The lowest BCUT2D eigenvalue weighted by molar-refractivity contribution is 0.232. The number of ether oxygens (including phenoxy) is 1. The summed E-state index contributed by atoms with van der Waals surface area (Å²) in [6.07, 6.45) is 0.0130. The van der Waals surface area contributed by atoms with Gasteiger partial charge in [-0.1, -0.05) is 18.2 Å². The minimum atomic E-state index is -3.62. The molecule has 0 fully saturated rings. The zero-order chi connectivity index (χ0) is 20.1. The molecule has 2 aromatic carbocycles. The highest BCUT2D eigenvalue weighted by molar-refractivity contribution is 7.92. The standard InChI is InChI=1S/C20H22N4O3S/c1-14(2)27-20-13-19(21-15(3)22-20)23-16-9-11-17(12-10-16)24-28(25,26)18-7-5-4-6-8-18/h4-14,24H,1-3H3,(H,21,22,23). The van der Waals surface area contributed by atoms with Crippen molar-refractivity contribution in [1.29, 1.82) is 0 Å². The molecule has 0 radical (unpaired) electrons. The molecule has 3 rings (SSSR count). The van der Waals surface area contributed by atoms with Gasteiger partial charge in [0.2, 0.25) is 5.88 Å². The van der Waals surface area contributed by atoms with Crippen LogP contribution in [0.1, 0.15) is 19.7 Å². The van der Waals surface area contributed by atoms with Gasteiger partial charge in [-0.25, -0.2) is 13.4 Å². The van der Waals surface area contributed by atoms with E-state index in [9.17, 15) is 8.42 Å². The number of aryl methyl sites for hydroxylation is 1. The SMILES string of the molecule is Cc1nc(Nc2ccc(NS(=O)(=O)c3ccccc3)cc2)cc(OC(C)C)n1. The quantitative estimate of drug-likeness (QED) is 0.622. The van der Waals surface area contributed by atoms with Crippen LogP contribution in [0.5, 0.6) is 5.88 Å². The zero-order valence-electron chi connectivity index (χ0n) is 15.9. The molecule has 1 aromatic heterocycles. The average Bonchev–Trinajstić information content (AvgIpc) is 2.63. The Balaban J connectivity index is 1.72. The molecule has 146 valence electrons. The van der Waals surface area contributed by atoms with Gasteiger partial charge in [0.05, 0.1) is 11.0 Å². The van der Waals surface area contributed by atoms with Gasteiger partial charge in [-0.2, -0.15) is 4.98 Å². The molecule has 0 atom stereocenters. The Morgan fingerprint density at radius 3 is 2.21 bits per heavy atom. The number of benzene rings is 2. The maximum absolute atomic E-state index is 12.4. The van der Waals surface area contributed by atoms with E-state index < -0.39 is 10.0 Å². The maximum Gasteiger partial charge on any atom is 0.261 e. The van der Waals surface area contributed by atoms with Crippen LogP contribution in [-0.4, -0.2) is 24.5 Å². The summed E-state index contributed by atoms with van der Waals surface area (Å²) in [4.78, 5) is 8.81. The third-order valence-electron chi connectivity index (χ3n) is 3.63. The van der Waals surface area contributed by atoms with Gasteiger partial charge >= 0.3 is 0 Å². The van der Waals surface area contributed by atoms with Crippen molar-refractivity contribution >= 4 is 27.2 Å². The Morgan fingerprint density at radius 1 is 0.929 bits per heavy atom. The van der Waals surface area contributed by atoms with E-state index in [4.69, 9.17) is 4.74 Å². The number of anilines is 3. The first-order valence-corrected chi connectivity index (χ1v) is 10.3. The lowest BCUT2D eigenvalue weighted by atomic mass is 10.3. The van der Waals surface area contributed by atoms with Crippen LogP contribution in [-0.2, 0) is 10.0 Å². The van der Waals surface area contributed by atoms with Crippen LogP contribution in [0.25, 0.3) is 0 Å². The van der Waals surface area contributed by atoms with Crippen molar-refractivity contribution in [1.82, 2.24) is 9.97 Å². The molecule has 3 aromatic rings. The van der Waals surface area contributed by atoms with E-state index in [1.807, 2.05) is 13.8 Å². The molecule has 0 saturated carbocycles. The van der Waals surface area contributed by atoms with E-state index >= 15 is 0 Å². The van der Waals surface area contributed by atoms with Gasteiger partial charge in [0.1, 0.15) is 11.6 Å². The Labute approximate surface area is 164 Å². The zero-order valence-corrected chi connectivity index (χ0v) is 16.7. The van der Waals surface area contributed by atoms with Gasteiger partial charge < -0.3 is 10.1 Å². The molecule has 1 heterocycles. The number of aromatic nitrogens is 2. The topological polar surface area (TPSA) is 93.2 Å². The van der Waals surface area contributed by atoms with Crippen molar-refractivity contribution < 1.29 is 13.2 Å². The maximum atomic E-state index is 12.4. The number of sulfonamides is 1. The van der Waals surface area contributed by atoms with E-state index in [0.29, 0.717) is 23.2 Å². The van der Waals surface area contributed by atoms with Crippen LogP contribution < -0.4 is 14.8 Å². The molecular weight excluding hydrogens is 376 g/mol. The highest BCUT2D eigenvalue weighted by atomic mass is 32.2. The molecule has 0 aliphatic rings. The summed E-state index contributed by atoms with van der Waals surface area (Å²) in [7, 11) is -3.62. The molecule has 0 aliphatic carbocycles. The first kappa shape index (κ1) is 19.6. The van der Waals surface area contributed by atoms with Crippen LogP contribution in [0.15, 0.2) is 65.6 Å². The smallest absolute Gasteiger partial charge is 0.261 e. The Hall–Kier alpha value is -3.13. The van der Waals surface area contributed by atoms with E-state index in [-0.39, 0.29) is 11.0 Å². The van der Waals surface area contributed by atoms with Crippen LogP contribution >= 0.6 is 0 Å². The van der Waals surface area contributed by atoms with Crippen molar-refractivity contribution in [2.45, 2.75) is 31.8 Å². The summed E-state index contributed by atoms with van der Waals surface area (Å²) in [5.74, 6) is 1.69. The van der Waals surface area contributed by atoms with Crippen LogP contribution in [0.4, 0.5) is 17.2 Å². The van der Waals surface area contributed by atoms with Crippen molar-refractivity contribution in [3.8, 4) is 5.88 Å². The van der Waals surface area contributed by atoms with Crippen molar-refractivity contribution in [3.63, 3.8) is 0 Å². The number of nitrogens with one attached hydrogen (secondary N) is 2. The summed E-state index contributed by atoms with van der Waals surface area (Å²) in [5.41, 5.74) is 1.23. The monoisotopic (exact) mass is 398 g/mol. The van der Waals surface area contributed by atoms with E-state index in [2.05, 4.69) is 20.0 Å². The Morgan fingerprint density at radius 2 is 1.57 bits per heavy atom. The second-order valence-electron chi connectivity index (χ2n) is 6.43. The molecule has 28 heavy (non-hydrogen) atoms. The molecule has 2 N–H and O–H groups in total. The fourth-order valence-corrected chi connectivity index (χ4v) is 3.57. The average molecular weight is 398 g/mol. The Kier molecular flexibility index (Phi) is 5.79.